The molecule has 0 spiro atoms. The number of rotatable bonds is 5. The van der Waals surface area contributed by atoms with Gasteiger partial charge in [-0.25, -0.2) is 9.48 Å². The zero-order valence-corrected chi connectivity index (χ0v) is 11.1. The van der Waals surface area contributed by atoms with Crippen LogP contribution < -0.4 is 4.74 Å². The van der Waals surface area contributed by atoms with Crippen molar-refractivity contribution < 1.29 is 14.6 Å². The monoisotopic (exact) mass is 283 g/mol. The number of ether oxygens (including phenoxy) is 1. The Morgan fingerprint density at radius 1 is 1.14 bits per heavy atom. The average molecular weight is 283 g/mol. The first-order valence-corrected chi connectivity index (χ1v) is 6.49. The molecule has 0 saturated carbocycles. The Kier molecular flexibility index (Phi) is 3.51. The van der Waals surface area contributed by atoms with Crippen LogP contribution in [-0.4, -0.2) is 32.7 Å². The van der Waals surface area contributed by atoms with Crippen LogP contribution in [0.3, 0.4) is 0 Å². The highest BCUT2D eigenvalue weighted by atomic mass is 16.5. The summed E-state index contributed by atoms with van der Waals surface area (Å²) in [5.74, 6) is -0.228. The van der Waals surface area contributed by atoms with Gasteiger partial charge in [-0.3, -0.25) is 0 Å². The number of fused-ring (bicyclic) bond motifs is 1. The number of carbonyl (C=O) groups is 1. The number of aromatic carboxylic acids is 1. The van der Waals surface area contributed by atoms with Crippen LogP contribution in [0.25, 0.3) is 11.0 Å². The number of hydrogen-bond donors (Lipinski definition) is 1. The molecule has 0 atom stereocenters. The fourth-order valence-corrected chi connectivity index (χ4v) is 2.13. The van der Waals surface area contributed by atoms with E-state index >= 15 is 0 Å². The van der Waals surface area contributed by atoms with Crippen molar-refractivity contribution in [3.05, 3.63) is 54.1 Å². The molecule has 0 bridgehead atoms. The third-order valence-electron chi connectivity index (χ3n) is 3.08. The minimum atomic E-state index is -0.992. The van der Waals surface area contributed by atoms with Crippen molar-refractivity contribution in [2.75, 3.05) is 6.61 Å². The van der Waals surface area contributed by atoms with Crippen LogP contribution in [0.1, 0.15) is 10.4 Å². The van der Waals surface area contributed by atoms with Gasteiger partial charge < -0.3 is 9.84 Å². The molecule has 0 aliphatic heterocycles. The minimum Gasteiger partial charge on any atom is -0.492 e. The first-order chi connectivity index (χ1) is 10.3. The van der Waals surface area contributed by atoms with E-state index in [1.54, 1.807) is 22.9 Å². The van der Waals surface area contributed by atoms with Crippen molar-refractivity contribution in [2.24, 2.45) is 0 Å². The summed E-state index contributed by atoms with van der Waals surface area (Å²) >= 11 is 0. The zero-order chi connectivity index (χ0) is 14.7. The normalized spacial score (nSPS) is 10.7. The Morgan fingerprint density at radius 3 is 2.71 bits per heavy atom. The second-order valence-electron chi connectivity index (χ2n) is 4.45. The third kappa shape index (κ3) is 2.69. The summed E-state index contributed by atoms with van der Waals surface area (Å²) in [5, 5.41) is 17.2. The quantitative estimate of drug-likeness (QED) is 0.776. The Labute approximate surface area is 120 Å². The molecule has 1 N–H and O–H groups in total. The smallest absolute Gasteiger partial charge is 0.337 e. The highest BCUT2D eigenvalue weighted by Crippen LogP contribution is 2.17. The molecular formula is C15H13N3O3. The van der Waals surface area contributed by atoms with Crippen LogP contribution in [0.15, 0.2) is 48.5 Å². The molecule has 2 aromatic carbocycles. The van der Waals surface area contributed by atoms with Crippen molar-refractivity contribution >= 4 is 17.0 Å². The van der Waals surface area contributed by atoms with E-state index in [0.717, 1.165) is 5.75 Å². The number of carboxylic acids is 1. The topological polar surface area (TPSA) is 77.2 Å². The van der Waals surface area contributed by atoms with E-state index in [1.165, 1.54) is 0 Å². The molecule has 3 aromatic rings. The largest absolute Gasteiger partial charge is 0.492 e. The maximum Gasteiger partial charge on any atom is 0.337 e. The molecule has 0 amide bonds. The Morgan fingerprint density at radius 2 is 1.95 bits per heavy atom. The van der Waals surface area contributed by atoms with E-state index in [0.29, 0.717) is 24.2 Å². The van der Waals surface area contributed by atoms with Gasteiger partial charge in [0.2, 0.25) is 0 Å². The van der Waals surface area contributed by atoms with Gasteiger partial charge in [-0.15, -0.1) is 5.10 Å². The van der Waals surface area contributed by atoms with Crippen LogP contribution in [0.5, 0.6) is 5.75 Å². The first-order valence-electron chi connectivity index (χ1n) is 6.49. The number of para-hydroxylation sites is 2. The standard InChI is InChI=1S/C15H13N3O3/c19-15(20)12-7-4-8-13-14(12)18(17-16-13)9-10-21-11-5-2-1-3-6-11/h1-8H,9-10H2,(H,19,20). The predicted molar refractivity (Wildman–Crippen MR) is 76.4 cm³/mol. The summed E-state index contributed by atoms with van der Waals surface area (Å²) < 4.78 is 7.15. The van der Waals surface area contributed by atoms with Gasteiger partial charge in [0.05, 0.1) is 12.1 Å². The summed E-state index contributed by atoms with van der Waals surface area (Å²) in [5.41, 5.74) is 1.27. The maximum atomic E-state index is 11.3. The second-order valence-corrected chi connectivity index (χ2v) is 4.45. The lowest BCUT2D eigenvalue weighted by Crippen LogP contribution is -2.11. The van der Waals surface area contributed by atoms with E-state index < -0.39 is 5.97 Å². The molecule has 21 heavy (non-hydrogen) atoms. The van der Waals surface area contributed by atoms with Crippen LogP contribution in [-0.2, 0) is 6.54 Å². The molecular weight excluding hydrogens is 270 g/mol. The van der Waals surface area contributed by atoms with Gasteiger partial charge in [0, 0.05) is 0 Å². The van der Waals surface area contributed by atoms with Crippen molar-refractivity contribution in [3.63, 3.8) is 0 Å². The molecule has 6 nitrogen and oxygen atoms in total. The molecule has 6 heteroatoms. The van der Waals surface area contributed by atoms with E-state index in [9.17, 15) is 9.90 Å². The fourth-order valence-electron chi connectivity index (χ4n) is 2.13. The second kappa shape index (κ2) is 5.62. The van der Waals surface area contributed by atoms with Crippen LogP contribution in [0, 0.1) is 0 Å². The van der Waals surface area contributed by atoms with Crippen LogP contribution >= 0.6 is 0 Å². The third-order valence-corrected chi connectivity index (χ3v) is 3.08. The molecule has 1 heterocycles. The van der Waals surface area contributed by atoms with E-state index in [4.69, 9.17) is 4.74 Å². The molecule has 0 saturated heterocycles. The van der Waals surface area contributed by atoms with Crippen molar-refractivity contribution in [2.45, 2.75) is 6.54 Å². The minimum absolute atomic E-state index is 0.192. The van der Waals surface area contributed by atoms with Gasteiger partial charge in [0.15, 0.2) is 0 Å². The van der Waals surface area contributed by atoms with E-state index in [1.807, 2.05) is 30.3 Å². The Hall–Kier alpha value is -2.89. The summed E-state index contributed by atoms with van der Waals surface area (Å²) in [7, 11) is 0. The summed E-state index contributed by atoms with van der Waals surface area (Å²) in [6.45, 7) is 0.812. The summed E-state index contributed by atoms with van der Waals surface area (Å²) in [6, 6.07) is 14.4. The van der Waals surface area contributed by atoms with Crippen LogP contribution in [0.4, 0.5) is 0 Å². The first kappa shape index (κ1) is 13.1. The van der Waals surface area contributed by atoms with Gasteiger partial charge in [0.25, 0.3) is 0 Å². The highest BCUT2D eigenvalue weighted by Gasteiger charge is 2.14. The molecule has 0 unspecified atom stereocenters. The number of aromatic nitrogens is 3. The Balaban J connectivity index is 1.80. The zero-order valence-electron chi connectivity index (χ0n) is 11.1. The van der Waals surface area contributed by atoms with Crippen molar-refractivity contribution in [1.82, 2.24) is 15.0 Å². The molecule has 1 aromatic heterocycles. The molecule has 0 radical (unpaired) electrons. The highest BCUT2D eigenvalue weighted by molar-refractivity contribution is 6.00. The van der Waals surface area contributed by atoms with Gasteiger partial charge >= 0.3 is 5.97 Å². The molecule has 0 aliphatic carbocycles. The van der Waals surface area contributed by atoms with Gasteiger partial charge in [-0.2, -0.15) is 0 Å². The molecule has 3 rings (SSSR count). The summed E-state index contributed by atoms with van der Waals surface area (Å²) in [4.78, 5) is 11.3. The number of hydrogen-bond acceptors (Lipinski definition) is 4. The fraction of sp³-hybridized carbons (Fsp3) is 0.133. The number of carboxylic acid groups (broad SMARTS) is 1. The lowest BCUT2D eigenvalue weighted by atomic mass is 10.2. The maximum absolute atomic E-state index is 11.3. The number of nitrogens with zero attached hydrogens (tertiary/aromatic N) is 3. The van der Waals surface area contributed by atoms with Crippen molar-refractivity contribution in [3.8, 4) is 5.75 Å². The lowest BCUT2D eigenvalue weighted by Gasteiger charge is -2.07. The predicted octanol–water partition coefficient (Wildman–Crippen LogP) is 2.21. The lowest BCUT2D eigenvalue weighted by molar-refractivity contribution is 0.0698. The van der Waals surface area contributed by atoms with Gasteiger partial charge in [-0.05, 0) is 24.3 Å². The van der Waals surface area contributed by atoms with E-state index in [2.05, 4.69) is 10.3 Å². The molecule has 106 valence electrons. The molecule has 0 fully saturated rings. The van der Waals surface area contributed by atoms with Crippen molar-refractivity contribution in [1.29, 1.82) is 0 Å². The molecule has 0 aliphatic rings. The Bertz CT molecular complexity index is 768. The average Bonchev–Trinajstić information content (AvgIpc) is 2.91. The van der Waals surface area contributed by atoms with Gasteiger partial charge in [0.1, 0.15) is 23.4 Å². The van der Waals surface area contributed by atoms with Gasteiger partial charge in [-0.1, -0.05) is 29.5 Å². The van der Waals surface area contributed by atoms with E-state index in [-0.39, 0.29) is 5.56 Å². The number of benzene rings is 2. The van der Waals surface area contributed by atoms with Crippen LogP contribution in [0.2, 0.25) is 0 Å². The summed E-state index contributed by atoms with van der Waals surface area (Å²) in [6.07, 6.45) is 0. The SMILES string of the molecule is O=C(O)c1cccc2nnn(CCOc3ccccc3)c12.